The molecule has 1 saturated heterocycles. The van der Waals surface area contributed by atoms with Gasteiger partial charge in [-0.15, -0.1) is 11.3 Å². The molecule has 2 aromatic rings. The van der Waals surface area contributed by atoms with E-state index in [1.165, 1.54) is 11.8 Å². The maximum atomic E-state index is 13.1. The second-order valence-corrected chi connectivity index (χ2v) is 11.1. The van der Waals surface area contributed by atoms with Crippen molar-refractivity contribution in [1.82, 2.24) is 9.47 Å². The van der Waals surface area contributed by atoms with E-state index in [0.29, 0.717) is 12.1 Å². The molecule has 0 bridgehead atoms. The molecule has 184 valence electrons. The number of amides is 1. The third-order valence-corrected chi connectivity index (χ3v) is 8.94. The number of aromatic nitrogens is 1. The number of nitrogens with zero attached hydrogens (tertiary/aromatic N) is 4. The highest BCUT2D eigenvalue weighted by Crippen LogP contribution is 2.46. The highest BCUT2D eigenvalue weighted by Gasteiger charge is 2.35. The van der Waals surface area contributed by atoms with E-state index < -0.39 is 36.5 Å². The van der Waals surface area contributed by atoms with Gasteiger partial charge in [-0.25, -0.2) is 0 Å². The quantitative estimate of drug-likeness (QED) is 0.491. The molecule has 1 aromatic carbocycles. The Morgan fingerprint density at radius 1 is 1.11 bits per heavy atom. The van der Waals surface area contributed by atoms with Crippen LogP contribution in [0.5, 0.6) is 0 Å². The summed E-state index contributed by atoms with van der Waals surface area (Å²) in [6, 6.07) is 7.50. The molecule has 14 heteroatoms. The summed E-state index contributed by atoms with van der Waals surface area (Å²) in [6.45, 7) is 1.27. The standard InChI is InChI=1S/C22H16N4O6S4/c1-2-24-12-7-11(8-23)3-4-13(12)34-15(24)6-5-14-19(31)25(9-16(27)28)21(35-14)18-20(32)26(10-17(29)30)22(33)36-18/h3-7H,2,9-10H2,1H3,(H,27,28)(H,29,30)/b14-5+,15-6-,21-18-. The van der Waals surface area contributed by atoms with Crippen LogP contribution < -0.4 is 19.7 Å². The van der Waals surface area contributed by atoms with Crippen molar-refractivity contribution >= 4 is 85.9 Å². The molecule has 36 heavy (non-hydrogen) atoms. The number of carbonyl (C=O) groups is 3. The summed E-state index contributed by atoms with van der Waals surface area (Å²) in [5.41, 5.74) is 0.822. The molecule has 1 amide bonds. The minimum absolute atomic E-state index is 0.0127. The summed E-state index contributed by atoms with van der Waals surface area (Å²) in [4.78, 5) is 52.4. The SMILES string of the molecule is CCN1/C(=C/C=c2/s/c(=C3\SC(=S)N(CC(=O)O)C3=O)n(CC(=O)O)c2=O)Sc2ccc(C#N)cc21. The Balaban J connectivity index is 1.82. The largest absolute Gasteiger partial charge is 0.480 e. The van der Waals surface area contributed by atoms with E-state index >= 15 is 0 Å². The Morgan fingerprint density at radius 3 is 2.47 bits per heavy atom. The molecule has 4 rings (SSSR count). The van der Waals surface area contributed by atoms with Crippen molar-refractivity contribution in [3.63, 3.8) is 0 Å². The van der Waals surface area contributed by atoms with Crippen LogP contribution in [0.1, 0.15) is 12.5 Å². The molecule has 1 aromatic heterocycles. The minimum atomic E-state index is -1.27. The van der Waals surface area contributed by atoms with Crippen molar-refractivity contribution in [3.8, 4) is 6.07 Å². The van der Waals surface area contributed by atoms with Gasteiger partial charge in [-0.2, -0.15) is 5.26 Å². The van der Waals surface area contributed by atoms with Crippen molar-refractivity contribution in [2.45, 2.75) is 18.4 Å². The zero-order valence-electron chi connectivity index (χ0n) is 18.5. The van der Waals surface area contributed by atoms with E-state index in [4.69, 9.17) is 17.3 Å². The number of nitriles is 1. The van der Waals surface area contributed by atoms with E-state index in [9.17, 15) is 29.5 Å². The highest BCUT2D eigenvalue weighted by molar-refractivity contribution is 8.30. The van der Waals surface area contributed by atoms with Gasteiger partial charge in [0.15, 0.2) is 0 Å². The molecule has 0 aliphatic carbocycles. The fraction of sp³-hybridized carbons (Fsp3) is 0.182. The Hall–Kier alpha value is -3.38. The van der Waals surface area contributed by atoms with Gasteiger partial charge in [0.1, 0.15) is 27.0 Å². The molecule has 0 atom stereocenters. The number of allylic oxidation sites excluding steroid dienone is 1. The highest BCUT2D eigenvalue weighted by atomic mass is 32.2. The van der Waals surface area contributed by atoms with Gasteiger partial charge in [0.2, 0.25) is 0 Å². The fourth-order valence-corrected chi connectivity index (χ4v) is 7.11. The lowest BCUT2D eigenvalue weighted by molar-refractivity contribution is -0.140. The van der Waals surface area contributed by atoms with E-state index in [-0.39, 0.29) is 18.4 Å². The Kier molecular flexibility index (Phi) is 7.36. The topological polar surface area (TPSA) is 144 Å². The first-order chi connectivity index (χ1) is 17.1. The number of anilines is 1. The van der Waals surface area contributed by atoms with Gasteiger partial charge in [0, 0.05) is 11.4 Å². The number of hydrogen-bond acceptors (Lipinski definition) is 10. The lowest BCUT2D eigenvalue weighted by atomic mass is 10.2. The molecular weight excluding hydrogens is 545 g/mol. The number of rotatable bonds is 6. The summed E-state index contributed by atoms with van der Waals surface area (Å²) in [5.74, 6) is -3.21. The van der Waals surface area contributed by atoms with Crippen LogP contribution in [-0.2, 0) is 20.9 Å². The van der Waals surface area contributed by atoms with E-state index in [0.717, 1.165) is 48.2 Å². The van der Waals surface area contributed by atoms with Crippen LogP contribution in [0.15, 0.2) is 39.0 Å². The first-order valence-corrected chi connectivity index (χ1v) is 13.1. The fourth-order valence-electron chi connectivity index (χ4n) is 3.55. The number of carboxylic acid groups (broad SMARTS) is 2. The Bertz CT molecular complexity index is 1580. The minimum Gasteiger partial charge on any atom is -0.480 e. The van der Waals surface area contributed by atoms with Crippen LogP contribution in [0.25, 0.3) is 11.0 Å². The van der Waals surface area contributed by atoms with Crippen LogP contribution in [-0.4, -0.2) is 54.9 Å². The molecule has 3 heterocycles. The van der Waals surface area contributed by atoms with Gasteiger partial charge in [-0.3, -0.25) is 28.6 Å². The molecule has 2 N–H and O–H groups in total. The van der Waals surface area contributed by atoms with E-state index in [2.05, 4.69) is 6.07 Å². The Labute approximate surface area is 221 Å². The first kappa shape index (κ1) is 25.7. The average molecular weight is 561 g/mol. The molecule has 2 aliphatic heterocycles. The zero-order chi connectivity index (χ0) is 26.1. The second kappa shape index (κ2) is 10.3. The number of carboxylic acids is 2. The molecule has 2 aliphatic rings. The van der Waals surface area contributed by atoms with E-state index in [1.54, 1.807) is 24.3 Å². The van der Waals surface area contributed by atoms with Gasteiger partial charge in [-0.1, -0.05) is 35.7 Å². The zero-order valence-corrected chi connectivity index (χ0v) is 21.7. The van der Waals surface area contributed by atoms with Gasteiger partial charge in [-0.05, 0) is 37.3 Å². The molecule has 10 nitrogen and oxygen atoms in total. The summed E-state index contributed by atoms with van der Waals surface area (Å²) in [7, 11) is 0. The van der Waals surface area contributed by atoms with Crippen LogP contribution >= 0.6 is 47.1 Å². The molecule has 0 spiro atoms. The maximum Gasteiger partial charge on any atom is 0.323 e. The predicted octanol–water partition coefficient (Wildman–Crippen LogP) is 1.17. The number of thiazole rings is 1. The van der Waals surface area contributed by atoms with Gasteiger partial charge >= 0.3 is 11.9 Å². The predicted molar refractivity (Wildman–Crippen MR) is 141 cm³/mol. The van der Waals surface area contributed by atoms with Crippen molar-refractivity contribution < 1.29 is 24.6 Å². The van der Waals surface area contributed by atoms with Crippen LogP contribution in [0.4, 0.5) is 5.69 Å². The Morgan fingerprint density at radius 2 is 1.83 bits per heavy atom. The van der Waals surface area contributed by atoms with Gasteiger partial charge < -0.3 is 15.1 Å². The smallest absolute Gasteiger partial charge is 0.323 e. The van der Waals surface area contributed by atoms with Crippen molar-refractivity contribution in [2.24, 2.45) is 0 Å². The number of benzene rings is 1. The lowest BCUT2D eigenvalue weighted by Gasteiger charge is -2.17. The third kappa shape index (κ3) is 4.82. The second-order valence-electron chi connectivity index (χ2n) is 7.35. The number of aliphatic carboxylic acids is 2. The molecule has 1 fully saturated rings. The number of carbonyl (C=O) groups excluding carboxylic acids is 1. The molecule has 0 unspecified atom stereocenters. The summed E-state index contributed by atoms with van der Waals surface area (Å²) in [6.07, 6.45) is 3.30. The monoisotopic (exact) mass is 560 g/mol. The van der Waals surface area contributed by atoms with Crippen molar-refractivity contribution in [2.75, 3.05) is 18.0 Å². The van der Waals surface area contributed by atoms with Crippen LogP contribution in [0, 0.1) is 11.3 Å². The number of fused-ring (bicyclic) bond motifs is 1. The number of thioether (sulfide) groups is 2. The van der Waals surface area contributed by atoms with Crippen LogP contribution in [0.3, 0.4) is 0 Å². The number of thiocarbonyl (C=S) groups is 1. The lowest BCUT2D eigenvalue weighted by Crippen LogP contribution is -2.36. The molecule has 0 saturated carbocycles. The third-order valence-electron chi connectivity index (χ3n) is 5.09. The van der Waals surface area contributed by atoms with E-state index in [1.807, 2.05) is 17.9 Å². The normalized spacial score (nSPS) is 18.2. The van der Waals surface area contributed by atoms with Gasteiger partial charge in [0.05, 0.1) is 26.9 Å². The average Bonchev–Trinajstić information content (AvgIpc) is 3.43. The number of hydrogen-bond donors (Lipinski definition) is 2. The maximum absolute atomic E-state index is 13.1. The van der Waals surface area contributed by atoms with Crippen molar-refractivity contribution in [1.29, 1.82) is 5.26 Å². The van der Waals surface area contributed by atoms with Gasteiger partial charge in [0.25, 0.3) is 11.5 Å². The first-order valence-electron chi connectivity index (χ1n) is 10.3. The molecular formula is C22H16N4O6S4. The summed E-state index contributed by atoms with van der Waals surface area (Å²) in [5, 5.41) is 28.4. The summed E-state index contributed by atoms with van der Waals surface area (Å²) >= 11 is 8.37. The van der Waals surface area contributed by atoms with Crippen molar-refractivity contribution in [3.05, 3.63) is 54.4 Å². The van der Waals surface area contributed by atoms with Crippen LogP contribution in [0.2, 0.25) is 0 Å². The molecule has 0 radical (unpaired) electrons. The summed E-state index contributed by atoms with van der Waals surface area (Å²) < 4.78 is 1.30.